The van der Waals surface area contributed by atoms with Crippen LogP contribution in [0.25, 0.3) is 0 Å². The fraction of sp³-hybridized carbons (Fsp3) is 0.409. The predicted octanol–water partition coefficient (Wildman–Crippen LogP) is 3.18. The Bertz CT molecular complexity index is 977. The summed E-state index contributed by atoms with van der Waals surface area (Å²) in [5.41, 5.74) is 6.33. The average Bonchev–Trinajstić information content (AvgIpc) is 3.03. The highest BCUT2D eigenvalue weighted by Gasteiger charge is 2.46. The molecule has 3 rings (SSSR count). The Labute approximate surface area is 174 Å². The van der Waals surface area contributed by atoms with Gasteiger partial charge in [0.2, 0.25) is 0 Å². The second kappa shape index (κ2) is 8.39. The van der Waals surface area contributed by atoms with Gasteiger partial charge in [0, 0.05) is 28.9 Å². The Morgan fingerprint density at radius 3 is 2.73 bits per heavy atom. The summed E-state index contributed by atoms with van der Waals surface area (Å²) in [7, 11) is 1.50. The molecule has 0 spiro atoms. The lowest BCUT2D eigenvalue weighted by Gasteiger charge is -2.22. The molecule has 0 bridgehead atoms. The second-order valence-electron chi connectivity index (χ2n) is 7.89. The van der Waals surface area contributed by atoms with E-state index in [4.69, 9.17) is 15.2 Å². The molecule has 1 aliphatic rings. The van der Waals surface area contributed by atoms with Gasteiger partial charge in [0.25, 0.3) is 11.8 Å². The molecule has 160 valence electrons. The summed E-state index contributed by atoms with van der Waals surface area (Å²) in [6, 6.07) is 6.02. The van der Waals surface area contributed by atoms with Crippen LogP contribution in [0.3, 0.4) is 0 Å². The summed E-state index contributed by atoms with van der Waals surface area (Å²) >= 11 is 0. The van der Waals surface area contributed by atoms with Crippen LogP contribution in [0.4, 0.5) is 10.1 Å². The zero-order valence-corrected chi connectivity index (χ0v) is 17.5. The number of carbonyl (C=O) groups is 2. The van der Waals surface area contributed by atoms with Crippen molar-refractivity contribution < 1.29 is 23.5 Å². The van der Waals surface area contributed by atoms with Gasteiger partial charge < -0.3 is 20.5 Å². The van der Waals surface area contributed by atoms with Gasteiger partial charge in [-0.1, -0.05) is 13.0 Å². The van der Waals surface area contributed by atoms with Crippen molar-refractivity contribution in [3.8, 4) is 5.75 Å². The normalized spacial score (nSPS) is 20.0. The van der Waals surface area contributed by atoms with Crippen LogP contribution in [0.15, 0.2) is 30.5 Å². The number of carbonyl (C=O) groups excluding carboxylic acids is 2. The van der Waals surface area contributed by atoms with Gasteiger partial charge in [0.15, 0.2) is 0 Å². The zero-order valence-electron chi connectivity index (χ0n) is 17.5. The third-order valence-corrected chi connectivity index (χ3v) is 5.25. The first kappa shape index (κ1) is 21.7. The topological polar surface area (TPSA) is 104 Å². The number of nitrogens with one attached hydrogen (secondary N) is 1. The highest BCUT2D eigenvalue weighted by molar-refractivity contribution is 5.97. The number of benzene rings is 1. The minimum atomic E-state index is -0.825. The Balaban J connectivity index is 1.95. The summed E-state index contributed by atoms with van der Waals surface area (Å²) in [5, 5.41) is 2.77. The van der Waals surface area contributed by atoms with E-state index in [2.05, 4.69) is 10.3 Å². The molecule has 1 aliphatic heterocycles. The van der Waals surface area contributed by atoms with Crippen LogP contribution in [0.5, 0.6) is 5.75 Å². The summed E-state index contributed by atoms with van der Waals surface area (Å²) < 4.78 is 25.9. The standard InChI is InChI=1S/C22H26FN3O4/c1-5-13-16(23)7-6-14(18(13)29-4)15-11-22(2,3)30-19(15)21(28)26-12-8-9-25-17(10-12)20(24)27/h6-10,15,19H,5,11H2,1-4H3,(H2,24,27)(H,25,26,28)/t15-,19+/m0/s1. The minimum Gasteiger partial charge on any atom is -0.496 e. The van der Waals surface area contributed by atoms with Crippen molar-refractivity contribution in [1.82, 2.24) is 4.98 Å². The molecule has 2 amide bonds. The Morgan fingerprint density at radius 1 is 1.37 bits per heavy atom. The van der Waals surface area contributed by atoms with Crippen LogP contribution in [0, 0.1) is 5.82 Å². The zero-order chi connectivity index (χ0) is 22.1. The number of nitrogens with zero attached hydrogens (tertiary/aromatic N) is 1. The van der Waals surface area contributed by atoms with Gasteiger partial charge in [-0.05, 0) is 44.9 Å². The molecular formula is C22H26FN3O4. The minimum absolute atomic E-state index is 0.0461. The van der Waals surface area contributed by atoms with Crippen molar-refractivity contribution in [3.05, 3.63) is 53.1 Å². The Kier molecular flexibility index (Phi) is 6.07. The van der Waals surface area contributed by atoms with E-state index in [9.17, 15) is 14.0 Å². The van der Waals surface area contributed by atoms with E-state index < -0.39 is 17.6 Å². The van der Waals surface area contributed by atoms with Gasteiger partial charge in [-0.3, -0.25) is 14.6 Å². The molecule has 3 N–H and O–H groups in total. The quantitative estimate of drug-likeness (QED) is 0.754. The van der Waals surface area contributed by atoms with Crippen LogP contribution in [0.2, 0.25) is 0 Å². The second-order valence-corrected chi connectivity index (χ2v) is 7.89. The van der Waals surface area contributed by atoms with Crippen LogP contribution in [0.1, 0.15) is 54.7 Å². The lowest BCUT2D eigenvalue weighted by atomic mass is 9.85. The predicted molar refractivity (Wildman–Crippen MR) is 110 cm³/mol. The molecule has 7 nitrogen and oxygen atoms in total. The fourth-order valence-corrected chi connectivity index (χ4v) is 3.96. The molecule has 8 heteroatoms. The van der Waals surface area contributed by atoms with Crippen molar-refractivity contribution >= 4 is 17.5 Å². The maximum absolute atomic E-state index is 14.3. The molecule has 0 saturated carbocycles. The van der Waals surface area contributed by atoms with E-state index in [1.54, 1.807) is 12.1 Å². The number of anilines is 1. The van der Waals surface area contributed by atoms with Gasteiger partial charge in [-0.25, -0.2) is 4.39 Å². The Hall–Kier alpha value is -3.00. The van der Waals surface area contributed by atoms with Gasteiger partial charge in [0.05, 0.1) is 12.7 Å². The third-order valence-electron chi connectivity index (χ3n) is 5.25. The monoisotopic (exact) mass is 415 g/mol. The first-order valence-corrected chi connectivity index (χ1v) is 9.76. The number of methoxy groups -OCH3 is 1. The van der Waals surface area contributed by atoms with Crippen LogP contribution < -0.4 is 15.8 Å². The maximum atomic E-state index is 14.3. The maximum Gasteiger partial charge on any atom is 0.267 e. The molecule has 0 aliphatic carbocycles. The molecule has 30 heavy (non-hydrogen) atoms. The number of amides is 2. The highest BCUT2D eigenvalue weighted by Crippen LogP contribution is 2.45. The lowest BCUT2D eigenvalue weighted by Crippen LogP contribution is -2.33. The van der Waals surface area contributed by atoms with E-state index in [0.717, 1.165) is 5.56 Å². The van der Waals surface area contributed by atoms with Gasteiger partial charge in [-0.2, -0.15) is 0 Å². The van der Waals surface area contributed by atoms with E-state index >= 15 is 0 Å². The SMILES string of the molecule is CCc1c(F)ccc([C@@H]2CC(C)(C)O[C@H]2C(=O)Nc2ccnc(C(N)=O)c2)c1OC. The molecule has 1 fully saturated rings. The van der Waals surface area contributed by atoms with E-state index in [-0.39, 0.29) is 23.3 Å². The third kappa shape index (κ3) is 4.28. The van der Waals surface area contributed by atoms with E-state index in [1.807, 2.05) is 20.8 Å². The molecule has 1 aromatic heterocycles. The Morgan fingerprint density at radius 2 is 2.10 bits per heavy atom. The number of hydrogen-bond acceptors (Lipinski definition) is 5. The van der Waals surface area contributed by atoms with E-state index in [0.29, 0.717) is 29.8 Å². The van der Waals surface area contributed by atoms with Crippen molar-refractivity contribution in [3.63, 3.8) is 0 Å². The van der Waals surface area contributed by atoms with Crippen molar-refractivity contribution in [2.24, 2.45) is 5.73 Å². The van der Waals surface area contributed by atoms with Gasteiger partial charge in [-0.15, -0.1) is 0 Å². The smallest absolute Gasteiger partial charge is 0.267 e. The first-order valence-electron chi connectivity index (χ1n) is 9.76. The number of aromatic nitrogens is 1. The van der Waals surface area contributed by atoms with Crippen molar-refractivity contribution in [2.45, 2.75) is 51.2 Å². The van der Waals surface area contributed by atoms with Gasteiger partial charge in [0.1, 0.15) is 23.4 Å². The van der Waals surface area contributed by atoms with E-state index in [1.165, 1.54) is 25.4 Å². The van der Waals surface area contributed by atoms with Crippen molar-refractivity contribution in [1.29, 1.82) is 0 Å². The number of pyridine rings is 1. The molecule has 2 atom stereocenters. The van der Waals surface area contributed by atoms with Crippen LogP contribution in [-0.2, 0) is 16.0 Å². The molecule has 0 radical (unpaired) electrons. The van der Waals surface area contributed by atoms with Crippen LogP contribution in [-0.4, -0.2) is 35.6 Å². The summed E-state index contributed by atoms with van der Waals surface area (Å²) in [6.45, 7) is 5.66. The number of hydrogen-bond donors (Lipinski definition) is 2. The average molecular weight is 415 g/mol. The largest absolute Gasteiger partial charge is 0.496 e. The van der Waals surface area contributed by atoms with Crippen molar-refractivity contribution in [2.75, 3.05) is 12.4 Å². The number of ether oxygens (including phenoxy) is 2. The number of primary amides is 1. The summed E-state index contributed by atoms with van der Waals surface area (Å²) in [6.07, 6.45) is 1.58. The fourth-order valence-electron chi connectivity index (χ4n) is 3.96. The molecule has 1 aromatic carbocycles. The molecule has 0 unspecified atom stereocenters. The van der Waals surface area contributed by atoms with Crippen LogP contribution >= 0.6 is 0 Å². The highest BCUT2D eigenvalue weighted by atomic mass is 19.1. The molecule has 2 aromatic rings. The summed E-state index contributed by atoms with van der Waals surface area (Å²) in [5.74, 6) is -1.30. The first-order chi connectivity index (χ1) is 14.2. The number of nitrogens with two attached hydrogens (primary N) is 1. The van der Waals surface area contributed by atoms with Gasteiger partial charge >= 0.3 is 0 Å². The summed E-state index contributed by atoms with van der Waals surface area (Å²) in [4.78, 5) is 28.3. The molecule has 1 saturated heterocycles. The number of halogens is 1. The number of rotatable bonds is 6. The molecular weight excluding hydrogens is 389 g/mol. The molecule has 2 heterocycles. The lowest BCUT2D eigenvalue weighted by molar-refractivity contribution is -0.130.